The highest BCUT2D eigenvalue weighted by Gasteiger charge is 2.07. The van der Waals surface area contributed by atoms with Gasteiger partial charge in [0.05, 0.1) is 0 Å². The van der Waals surface area contributed by atoms with Crippen LogP contribution < -0.4 is 5.73 Å². The van der Waals surface area contributed by atoms with E-state index in [9.17, 15) is 4.79 Å². The molecule has 0 aromatic heterocycles. The molecule has 0 spiro atoms. The highest BCUT2D eigenvalue weighted by molar-refractivity contribution is 8.25. The lowest BCUT2D eigenvalue weighted by molar-refractivity contribution is -0.113. The molecular formula is C5H7NOS2. The Kier molecular flexibility index (Phi) is 2.48. The van der Waals surface area contributed by atoms with Gasteiger partial charge in [0.1, 0.15) is 0 Å². The molecule has 1 aliphatic heterocycles. The van der Waals surface area contributed by atoms with Crippen LogP contribution >= 0.6 is 23.5 Å². The van der Waals surface area contributed by atoms with Crippen LogP contribution in [0.3, 0.4) is 0 Å². The zero-order chi connectivity index (χ0) is 6.69. The molecule has 1 fully saturated rings. The van der Waals surface area contributed by atoms with Crippen molar-refractivity contribution in [1.82, 2.24) is 0 Å². The van der Waals surface area contributed by atoms with Crippen molar-refractivity contribution >= 4 is 29.4 Å². The van der Waals surface area contributed by atoms with Crippen LogP contribution in [0, 0.1) is 0 Å². The van der Waals surface area contributed by atoms with Crippen molar-refractivity contribution < 1.29 is 4.79 Å². The summed E-state index contributed by atoms with van der Waals surface area (Å²) in [6, 6.07) is 0. The minimum Gasteiger partial charge on any atom is -0.366 e. The molecule has 0 saturated carbocycles. The summed E-state index contributed by atoms with van der Waals surface area (Å²) < 4.78 is 1.06. The molecule has 0 atom stereocenters. The Labute approximate surface area is 62.3 Å². The summed E-state index contributed by atoms with van der Waals surface area (Å²) in [5.41, 5.74) is 4.93. The molecule has 1 heterocycles. The van der Waals surface area contributed by atoms with Gasteiger partial charge in [-0.3, -0.25) is 4.79 Å². The number of hydrogen-bond acceptors (Lipinski definition) is 3. The van der Waals surface area contributed by atoms with E-state index in [0.29, 0.717) is 0 Å². The van der Waals surface area contributed by atoms with Gasteiger partial charge < -0.3 is 5.73 Å². The molecule has 0 unspecified atom stereocenters. The van der Waals surface area contributed by atoms with Crippen molar-refractivity contribution in [2.45, 2.75) is 0 Å². The first-order valence-corrected chi connectivity index (χ1v) is 4.53. The normalized spacial score (nSPS) is 18.0. The fraction of sp³-hybridized carbons (Fsp3) is 0.400. The van der Waals surface area contributed by atoms with E-state index >= 15 is 0 Å². The Balaban J connectivity index is 2.49. The average Bonchev–Trinajstić information content (AvgIpc) is 2.15. The molecule has 1 amide bonds. The molecule has 1 saturated heterocycles. The fourth-order valence-electron chi connectivity index (χ4n) is 0.526. The maximum absolute atomic E-state index is 10.3. The third-order valence-electron chi connectivity index (χ3n) is 0.832. The van der Waals surface area contributed by atoms with Crippen LogP contribution in [0.25, 0.3) is 0 Å². The van der Waals surface area contributed by atoms with E-state index in [4.69, 9.17) is 5.73 Å². The van der Waals surface area contributed by atoms with Gasteiger partial charge in [-0.25, -0.2) is 0 Å². The molecule has 1 aliphatic rings. The van der Waals surface area contributed by atoms with Crippen molar-refractivity contribution in [3.8, 4) is 0 Å². The molecule has 0 aromatic rings. The summed E-state index contributed by atoms with van der Waals surface area (Å²) in [6.45, 7) is 0. The highest BCUT2D eigenvalue weighted by Crippen LogP contribution is 2.35. The third-order valence-corrected chi connectivity index (χ3v) is 3.42. The summed E-state index contributed by atoms with van der Waals surface area (Å²) in [7, 11) is 0. The van der Waals surface area contributed by atoms with Gasteiger partial charge in [0, 0.05) is 21.8 Å². The maximum atomic E-state index is 10.3. The van der Waals surface area contributed by atoms with Crippen molar-refractivity contribution in [3.63, 3.8) is 0 Å². The number of rotatable bonds is 1. The smallest absolute Gasteiger partial charge is 0.243 e. The largest absolute Gasteiger partial charge is 0.366 e. The van der Waals surface area contributed by atoms with E-state index in [-0.39, 0.29) is 5.91 Å². The van der Waals surface area contributed by atoms with Gasteiger partial charge in [-0.15, -0.1) is 23.5 Å². The topological polar surface area (TPSA) is 43.1 Å². The van der Waals surface area contributed by atoms with Gasteiger partial charge in [0.15, 0.2) is 0 Å². The molecular weight excluding hydrogens is 154 g/mol. The number of nitrogens with two attached hydrogens (primary N) is 1. The molecule has 50 valence electrons. The Morgan fingerprint density at radius 2 is 2.11 bits per heavy atom. The molecule has 9 heavy (non-hydrogen) atoms. The van der Waals surface area contributed by atoms with Gasteiger partial charge in [0.25, 0.3) is 0 Å². The van der Waals surface area contributed by atoms with Crippen LogP contribution in [-0.2, 0) is 4.79 Å². The first-order valence-electron chi connectivity index (χ1n) is 2.56. The van der Waals surface area contributed by atoms with Crippen LogP contribution in [0.5, 0.6) is 0 Å². The van der Waals surface area contributed by atoms with Crippen LogP contribution in [0.1, 0.15) is 0 Å². The van der Waals surface area contributed by atoms with Gasteiger partial charge in [-0.1, -0.05) is 0 Å². The Morgan fingerprint density at radius 3 is 2.56 bits per heavy atom. The molecule has 0 bridgehead atoms. The van der Waals surface area contributed by atoms with E-state index in [0.717, 1.165) is 15.7 Å². The fourth-order valence-corrected chi connectivity index (χ4v) is 2.83. The van der Waals surface area contributed by atoms with Crippen molar-refractivity contribution in [2.24, 2.45) is 5.73 Å². The Hall–Kier alpha value is -0.0900. The lowest BCUT2D eigenvalue weighted by atomic mass is 10.6. The van der Waals surface area contributed by atoms with E-state index in [1.165, 1.54) is 6.08 Å². The quantitative estimate of drug-likeness (QED) is 0.578. The van der Waals surface area contributed by atoms with Gasteiger partial charge in [-0.2, -0.15) is 0 Å². The number of hydrogen-bond donors (Lipinski definition) is 1. The summed E-state index contributed by atoms with van der Waals surface area (Å²) >= 11 is 3.39. The minimum atomic E-state index is -0.341. The summed E-state index contributed by atoms with van der Waals surface area (Å²) in [5.74, 6) is 1.86. The summed E-state index contributed by atoms with van der Waals surface area (Å²) in [6.07, 6.45) is 1.49. The van der Waals surface area contributed by atoms with Gasteiger partial charge in [-0.05, 0) is 0 Å². The SMILES string of the molecule is NC(=O)C=C1SCCS1. The molecule has 0 aliphatic carbocycles. The minimum absolute atomic E-state index is 0.341. The van der Waals surface area contributed by atoms with Crippen LogP contribution in [0.2, 0.25) is 0 Å². The number of thioether (sulfide) groups is 2. The predicted octanol–water partition coefficient (Wildman–Crippen LogP) is 0.793. The van der Waals surface area contributed by atoms with E-state index in [1.807, 2.05) is 0 Å². The van der Waals surface area contributed by atoms with Crippen LogP contribution in [0.15, 0.2) is 10.3 Å². The maximum Gasteiger partial charge on any atom is 0.243 e. The molecule has 4 heteroatoms. The van der Waals surface area contributed by atoms with Crippen molar-refractivity contribution in [1.29, 1.82) is 0 Å². The third kappa shape index (κ3) is 2.32. The molecule has 2 nitrogen and oxygen atoms in total. The number of primary amides is 1. The summed E-state index contributed by atoms with van der Waals surface area (Å²) in [5, 5.41) is 0. The zero-order valence-electron chi connectivity index (χ0n) is 4.79. The zero-order valence-corrected chi connectivity index (χ0v) is 6.43. The number of carbonyl (C=O) groups is 1. The lowest BCUT2D eigenvalue weighted by Gasteiger charge is -1.87. The Bertz CT molecular complexity index is 147. The number of carbonyl (C=O) groups excluding carboxylic acids is 1. The first kappa shape index (κ1) is 7.02. The van der Waals surface area contributed by atoms with Gasteiger partial charge >= 0.3 is 0 Å². The van der Waals surface area contributed by atoms with Crippen molar-refractivity contribution in [3.05, 3.63) is 10.3 Å². The molecule has 1 rings (SSSR count). The molecule has 0 aromatic carbocycles. The van der Waals surface area contributed by atoms with Crippen molar-refractivity contribution in [2.75, 3.05) is 11.5 Å². The van der Waals surface area contributed by atoms with E-state index < -0.39 is 0 Å². The second kappa shape index (κ2) is 3.17. The second-order valence-corrected chi connectivity index (χ2v) is 4.09. The average molecular weight is 161 g/mol. The second-order valence-electron chi connectivity index (χ2n) is 1.56. The van der Waals surface area contributed by atoms with Crippen LogP contribution in [-0.4, -0.2) is 17.4 Å². The van der Waals surface area contributed by atoms with E-state index in [1.54, 1.807) is 23.5 Å². The summed E-state index contributed by atoms with van der Waals surface area (Å²) in [4.78, 5) is 10.3. The Morgan fingerprint density at radius 1 is 1.56 bits per heavy atom. The lowest BCUT2D eigenvalue weighted by Crippen LogP contribution is -2.05. The first-order chi connectivity index (χ1) is 4.29. The van der Waals surface area contributed by atoms with Gasteiger partial charge in [0.2, 0.25) is 5.91 Å². The van der Waals surface area contributed by atoms with E-state index in [2.05, 4.69) is 0 Å². The standard InChI is InChI=1S/C5H7NOS2/c6-4(7)3-5-8-1-2-9-5/h3H,1-2H2,(H2,6,7). The molecule has 0 radical (unpaired) electrons. The number of amides is 1. The monoisotopic (exact) mass is 161 g/mol. The van der Waals surface area contributed by atoms with Crippen LogP contribution in [0.4, 0.5) is 0 Å². The molecule has 2 N–H and O–H groups in total. The predicted molar refractivity (Wildman–Crippen MR) is 42.2 cm³/mol. The highest BCUT2D eigenvalue weighted by atomic mass is 32.2.